The van der Waals surface area contributed by atoms with Crippen LogP contribution < -0.4 is 11.2 Å². The summed E-state index contributed by atoms with van der Waals surface area (Å²) in [6.45, 7) is 8.48. The van der Waals surface area contributed by atoms with Gasteiger partial charge in [0, 0.05) is 25.5 Å². The normalized spacial score (nSPS) is 13.1. The van der Waals surface area contributed by atoms with Crippen molar-refractivity contribution in [1.29, 1.82) is 0 Å². The fraction of sp³-hybridized carbons (Fsp3) is 0.381. The van der Waals surface area contributed by atoms with Crippen molar-refractivity contribution < 1.29 is 0 Å². The van der Waals surface area contributed by atoms with Gasteiger partial charge >= 0.3 is 5.69 Å². The molecular formula is C21H25N5O2. The summed E-state index contributed by atoms with van der Waals surface area (Å²) in [6, 6.07) is 10.2. The lowest BCUT2D eigenvalue weighted by atomic mass is 10.1. The molecule has 4 rings (SSSR count). The van der Waals surface area contributed by atoms with E-state index in [4.69, 9.17) is 4.98 Å². The smallest absolute Gasteiger partial charge is 0.307 e. The van der Waals surface area contributed by atoms with Gasteiger partial charge in [-0.2, -0.15) is 4.98 Å². The maximum Gasteiger partial charge on any atom is 0.332 e. The molecule has 4 aromatic rings. The maximum absolute atomic E-state index is 13.2. The van der Waals surface area contributed by atoms with Crippen molar-refractivity contribution in [3.05, 3.63) is 68.6 Å². The molecule has 0 radical (unpaired) electrons. The minimum Gasteiger partial charge on any atom is -0.307 e. The molecule has 0 fully saturated rings. The lowest BCUT2D eigenvalue weighted by molar-refractivity contribution is 0.484. The molecule has 0 aliphatic heterocycles. The van der Waals surface area contributed by atoms with E-state index < -0.39 is 0 Å². The van der Waals surface area contributed by atoms with Gasteiger partial charge in [-0.05, 0) is 25.3 Å². The van der Waals surface area contributed by atoms with Crippen LogP contribution >= 0.6 is 0 Å². The van der Waals surface area contributed by atoms with E-state index in [1.165, 1.54) is 9.13 Å². The second kappa shape index (κ2) is 6.51. The lowest BCUT2D eigenvalue weighted by Crippen LogP contribution is -2.40. The standard InChI is InChI=1S/C21H25N5O2/c1-13(2)11-25-19(27)17-18(23(5)21(25)28)22-20-24(17)12-14(3)26(20)15(4)16-9-7-6-8-10-16/h6-10,12-13,15H,11H2,1-5H3/t15-/m0/s1. The molecule has 0 bridgehead atoms. The molecule has 7 heteroatoms. The third-order valence-corrected chi connectivity index (χ3v) is 5.29. The first-order chi connectivity index (χ1) is 13.3. The number of nitrogens with zero attached hydrogens (tertiary/aromatic N) is 5. The number of fused-ring (bicyclic) bond motifs is 3. The predicted octanol–water partition coefficient (Wildman–Crippen LogP) is 2.72. The number of aromatic nitrogens is 5. The molecule has 0 amide bonds. The summed E-state index contributed by atoms with van der Waals surface area (Å²) in [4.78, 5) is 30.6. The Morgan fingerprint density at radius 2 is 1.75 bits per heavy atom. The van der Waals surface area contributed by atoms with Crippen molar-refractivity contribution in [1.82, 2.24) is 23.1 Å². The van der Waals surface area contributed by atoms with Gasteiger partial charge in [-0.25, -0.2) is 4.79 Å². The number of benzene rings is 1. The second-order valence-corrected chi connectivity index (χ2v) is 7.83. The molecule has 28 heavy (non-hydrogen) atoms. The zero-order valence-electron chi connectivity index (χ0n) is 16.9. The predicted molar refractivity (Wildman–Crippen MR) is 110 cm³/mol. The van der Waals surface area contributed by atoms with Crippen LogP contribution in [0.3, 0.4) is 0 Å². The van der Waals surface area contributed by atoms with Crippen LogP contribution in [0, 0.1) is 12.8 Å². The summed E-state index contributed by atoms with van der Waals surface area (Å²) < 4.78 is 6.71. The molecule has 1 aromatic carbocycles. The lowest BCUT2D eigenvalue weighted by Gasteiger charge is -2.16. The van der Waals surface area contributed by atoms with Crippen LogP contribution in [0.1, 0.15) is 38.1 Å². The molecule has 0 spiro atoms. The SMILES string of the molecule is Cc1cn2c3c(=O)n(CC(C)C)c(=O)n(C)c3nc2n1[C@@H](C)c1ccccc1. The van der Waals surface area contributed by atoms with Crippen molar-refractivity contribution in [3.63, 3.8) is 0 Å². The van der Waals surface area contributed by atoms with Crippen LogP contribution in [0.5, 0.6) is 0 Å². The zero-order valence-corrected chi connectivity index (χ0v) is 16.9. The number of aryl methyl sites for hydroxylation is 2. The highest BCUT2D eigenvalue weighted by Crippen LogP contribution is 2.25. The Morgan fingerprint density at radius 1 is 1.07 bits per heavy atom. The average molecular weight is 379 g/mol. The van der Waals surface area contributed by atoms with E-state index in [2.05, 4.69) is 23.6 Å². The first-order valence-corrected chi connectivity index (χ1v) is 9.55. The van der Waals surface area contributed by atoms with Crippen molar-refractivity contribution in [2.45, 2.75) is 40.3 Å². The minimum atomic E-state index is -0.327. The summed E-state index contributed by atoms with van der Waals surface area (Å²) in [5.41, 5.74) is 2.40. The average Bonchev–Trinajstić information content (AvgIpc) is 3.18. The topological polar surface area (TPSA) is 66.2 Å². The van der Waals surface area contributed by atoms with E-state index in [0.717, 1.165) is 11.3 Å². The van der Waals surface area contributed by atoms with Gasteiger partial charge < -0.3 is 4.57 Å². The van der Waals surface area contributed by atoms with Gasteiger partial charge in [0.05, 0.1) is 6.04 Å². The van der Waals surface area contributed by atoms with Gasteiger partial charge in [0.15, 0.2) is 11.2 Å². The van der Waals surface area contributed by atoms with Crippen molar-refractivity contribution in [2.24, 2.45) is 13.0 Å². The van der Waals surface area contributed by atoms with Crippen LogP contribution in [-0.2, 0) is 13.6 Å². The molecule has 3 heterocycles. The largest absolute Gasteiger partial charge is 0.332 e. The summed E-state index contributed by atoms with van der Waals surface area (Å²) in [5.74, 6) is 0.856. The van der Waals surface area contributed by atoms with E-state index in [0.29, 0.717) is 23.5 Å². The third kappa shape index (κ3) is 2.61. The third-order valence-electron chi connectivity index (χ3n) is 5.29. The van der Waals surface area contributed by atoms with E-state index >= 15 is 0 Å². The molecule has 0 saturated carbocycles. The monoisotopic (exact) mass is 379 g/mol. The maximum atomic E-state index is 13.2. The van der Waals surface area contributed by atoms with Gasteiger partial charge in [-0.3, -0.25) is 18.3 Å². The molecule has 0 aliphatic carbocycles. The molecule has 7 nitrogen and oxygen atoms in total. The first kappa shape index (κ1) is 18.3. The van der Waals surface area contributed by atoms with Gasteiger partial charge in [0.2, 0.25) is 5.78 Å². The van der Waals surface area contributed by atoms with Crippen LogP contribution in [0.25, 0.3) is 16.9 Å². The summed E-state index contributed by atoms with van der Waals surface area (Å²) in [5, 5.41) is 0. The van der Waals surface area contributed by atoms with Crippen molar-refractivity contribution in [2.75, 3.05) is 0 Å². The van der Waals surface area contributed by atoms with Crippen LogP contribution in [0.2, 0.25) is 0 Å². The van der Waals surface area contributed by atoms with Crippen LogP contribution in [0.15, 0.2) is 46.1 Å². The summed E-state index contributed by atoms with van der Waals surface area (Å²) >= 11 is 0. The number of rotatable bonds is 4. The molecule has 0 N–H and O–H groups in total. The Bertz CT molecular complexity index is 1290. The fourth-order valence-electron chi connectivity index (χ4n) is 3.91. The molecule has 0 unspecified atom stereocenters. The quantitative estimate of drug-likeness (QED) is 0.548. The highest BCUT2D eigenvalue weighted by Gasteiger charge is 2.22. The number of hydrogen-bond donors (Lipinski definition) is 0. The Balaban J connectivity index is 2.04. The fourth-order valence-corrected chi connectivity index (χ4v) is 3.91. The Morgan fingerprint density at radius 3 is 2.39 bits per heavy atom. The highest BCUT2D eigenvalue weighted by molar-refractivity contribution is 5.75. The van der Waals surface area contributed by atoms with Gasteiger partial charge in [-0.1, -0.05) is 44.2 Å². The Kier molecular flexibility index (Phi) is 4.25. The highest BCUT2D eigenvalue weighted by atomic mass is 16.2. The summed E-state index contributed by atoms with van der Waals surface area (Å²) in [6.07, 6.45) is 1.93. The van der Waals surface area contributed by atoms with E-state index in [9.17, 15) is 9.59 Å². The Labute approximate surface area is 162 Å². The van der Waals surface area contributed by atoms with Crippen LogP contribution in [-0.4, -0.2) is 23.1 Å². The molecule has 1 atom stereocenters. The number of imidazole rings is 2. The van der Waals surface area contributed by atoms with Gasteiger partial charge in [-0.15, -0.1) is 0 Å². The van der Waals surface area contributed by atoms with Crippen molar-refractivity contribution in [3.8, 4) is 0 Å². The number of hydrogen-bond acceptors (Lipinski definition) is 3. The Hall–Kier alpha value is -3.09. The van der Waals surface area contributed by atoms with Gasteiger partial charge in [0.25, 0.3) is 5.56 Å². The zero-order chi connectivity index (χ0) is 20.2. The van der Waals surface area contributed by atoms with Crippen LogP contribution in [0.4, 0.5) is 0 Å². The van der Waals surface area contributed by atoms with E-state index in [1.807, 2.05) is 49.6 Å². The first-order valence-electron chi connectivity index (χ1n) is 9.55. The van der Waals surface area contributed by atoms with E-state index in [1.54, 1.807) is 7.05 Å². The van der Waals surface area contributed by atoms with Gasteiger partial charge in [0.1, 0.15) is 0 Å². The molecular weight excluding hydrogens is 354 g/mol. The van der Waals surface area contributed by atoms with Crippen molar-refractivity contribution >= 4 is 16.9 Å². The molecule has 0 aliphatic rings. The summed E-state index contributed by atoms with van der Waals surface area (Å²) in [7, 11) is 1.67. The minimum absolute atomic E-state index is 0.0467. The molecule has 146 valence electrons. The van der Waals surface area contributed by atoms with E-state index in [-0.39, 0.29) is 23.2 Å². The molecule has 0 saturated heterocycles. The molecule has 3 aromatic heterocycles. The second-order valence-electron chi connectivity index (χ2n) is 7.83.